The van der Waals surface area contributed by atoms with E-state index in [2.05, 4.69) is 54.5 Å². The Balaban J connectivity index is 1.44. The Bertz CT molecular complexity index is 1010. The maximum absolute atomic E-state index is 11.9. The van der Waals surface area contributed by atoms with Crippen LogP contribution in [0.25, 0.3) is 0 Å². The average molecular weight is 527 g/mol. The lowest BCUT2D eigenvalue weighted by Gasteiger charge is -2.64. The fraction of sp³-hybridized carbons (Fsp3) is 0.882. The highest BCUT2D eigenvalue weighted by molar-refractivity contribution is 5.66. The van der Waals surface area contributed by atoms with Gasteiger partial charge in [0.15, 0.2) is 0 Å². The van der Waals surface area contributed by atoms with Gasteiger partial charge in [-0.25, -0.2) is 0 Å². The molecule has 0 radical (unpaired) electrons. The number of carbonyl (C=O) groups excluding carboxylic acids is 2. The van der Waals surface area contributed by atoms with Crippen molar-refractivity contribution >= 4 is 11.9 Å². The average Bonchev–Trinajstić information content (AvgIpc) is 2.94. The number of ether oxygens (including phenoxy) is 2. The molecule has 0 bridgehead atoms. The molecular formula is C34H54O4. The highest BCUT2D eigenvalue weighted by Crippen LogP contribution is 2.70. The van der Waals surface area contributed by atoms with Crippen LogP contribution >= 0.6 is 0 Å². The summed E-state index contributed by atoms with van der Waals surface area (Å²) in [6.45, 7) is 20.4. The third-order valence-electron chi connectivity index (χ3n) is 13.4. The van der Waals surface area contributed by atoms with Crippen LogP contribution in [0.15, 0.2) is 11.6 Å². The maximum Gasteiger partial charge on any atom is 0.302 e. The van der Waals surface area contributed by atoms with Gasteiger partial charge in [0, 0.05) is 24.7 Å². The number of hydrogen-bond donors (Lipinski definition) is 0. The van der Waals surface area contributed by atoms with E-state index in [4.69, 9.17) is 9.47 Å². The number of hydrogen-bond acceptors (Lipinski definition) is 4. The first-order chi connectivity index (χ1) is 17.6. The zero-order chi connectivity index (χ0) is 27.9. The Morgan fingerprint density at radius 1 is 0.684 bits per heavy atom. The Kier molecular flexibility index (Phi) is 6.76. The van der Waals surface area contributed by atoms with Crippen molar-refractivity contribution < 1.29 is 19.1 Å². The van der Waals surface area contributed by atoms with Gasteiger partial charge in [-0.3, -0.25) is 9.59 Å². The molecule has 4 nitrogen and oxygen atoms in total. The molecule has 0 N–H and O–H groups in total. The summed E-state index contributed by atoms with van der Waals surface area (Å²) in [5.74, 6) is 2.18. The first-order valence-corrected chi connectivity index (χ1v) is 15.6. The van der Waals surface area contributed by atoms with Gasteiger partial charge in [-0.2, -0.15) is 0 Å². The van der Waals surface area contributed by atoms with E-state index in [1.54, 1.807) is 19.4 Å². The van der Waals surface area contributed by atoms with Crippen LogP contribution in [0, 0.1) is 50.7 Å². The summed E-state index contributed by atoms with van der Waals surface area (Å²) in [7, 11) is 0. The van der Waals surface area contributed by atoms with E-state index >= 15 is 0 Å². The maximum atomic E-state index is 11.9. The first-order valence-electron chi connectivity index (χ1n) is 15.6. The smallest absolute Gasteiger partial charge is 0.302 e. The second-order valence-corrected chi connectivity index (χ2v) is 16.1. The minimum Gasteiger partial charge on any atom is -0.462 e. The number of allylic oxidation sites excluding steroid dienone is 2. The van der Waals surface area contributed by atoms with E-state index in [-0.39, 0.29) is 45.8 Å². The molecule has 0 heterocycles. The van der Waals surface area contributed by atoms with E-state index in [1.165, 1.54) is 38.5 Å². The SMILES string of the molecule is CC(=O)O[C@@H]1CC[C@@]2(C)[C@@H]3CC[C@@H]4[C@](C)(CC[C@@H]5C(C)(C)[C@H](OC(C)=O)CC[C@]54C)CC3=CC[C@@H]2C1(C)C. The zero-order valence-corrected chi connectivity index (χ0v) is 25.7. The molecular weight excluding hydrogens is 472 g/mol. The molecule has 214 valence electrons. The number of carbonyl (C=O) groups is 2. The normalized spacial score (nSPS) is 47.1. The van der Waals surface area contributed by atoms with Crippen LogP contribution in [-0.2, 0) is 19.1 Å². The van der Waals surface area contributed by atoms with Gasteiger partial charge in [-0.15, -0.1) is 0 Å². The Morgan fingerprint density at radius 2 is 1.24 bits per heavy atom. The van der Waals surface area contributed by atoms with Gasteiger partial charge in [-0.05, 0) is 104 Å². The van der Waals surface area contributed by atoms with E-state index in [1.807, 2.05) is 0 Å². The van der Waals surface area contributed by atoms with E-state index in [9.17, 15) is 9.59 Å². The lowest BCUT2D eigenvalue weighted by atomic mass is 9.42. The fourth-order valence-corrected chi connectivity index (χ4v) is 11.7. The van der Waals surface area contributed by atoms with Gasteiger partial charge in [-0.1, -0.05) is 60.1 Å². The van der Waals surface area contributed by atoms with Crippen molar-refractivity contribution in [2.75, 3.05) is 0 Å². The van der Waals surface area contributed by atoms with Gasteiger partial charge >= 0.3 is 11.9 Å². The number of rotatable bonds is 2. The molecule has 0 unspecified atom stereocenters. The van der Waals surface area contributed by atoms with Crippen LogP contribution < -0.4 is 0 Å². The molecule has 0 aromatic carbocycles. The molecule has 4 heteroatoms. The molecule has 5 aliphatic rings. The third-order valence-corrected chi connectivity index (χ3v) is 13.4. The van der Waals surface area contributed by atoms with Gasteiger partial charge in [0.2, 0.25) is 0 Å². The number of esters is 2. The Hall–Kier alpha value is -1.32. The van der Waals surface area contributed by atoms with Gasteiger partial charge in [0.05, 0.1) is 0 Å². The van der Waals surface area contributed by atoms with E-state index < -0.39 is 0 Å². The van der Waals surface area contributed by atoms with Crippen molar-refractivity contribution in [3.8, 4) is 0 Å². The fourth-order valence-electron chi connectivity index (χ4n) is 11.7. The minimum absolute atomic E-state index is 0.00846. The molecule has 0 saturated heterocycles. The van der Waals surface area contributed by atoms with Crippen LogP contribution in [0.1, 0.15) is 127 Å². The molecule has 5 rings (SSSR count). The summed E-state index contributed by atoms with van der Waals surface area (Å²) in [6, 6.07) is 0. The summed E-state index contributed by atoms with van der Waals surface area (Å²) < 4.78 is 11.8. The first kappa shape index (κ1) is 28.2. The molecule has 0 spiro atoms. The largest absolute Gasteiger partial charge is 0.462 e. The lowest BCUT2D eigenvalue weighted by Crippen LogP contribution is -2.59. The predicted octanol–water partition coefficient (Wildman–Crippen LogP) is 8.28. The quantitative estimate of drug-likeness (QED) is 0.268. The van der Waals surface area contributed by atoms with Crippen LogP contribution in [0.4, 0.5) is 0 Å². The van der Waals surface area contributed by atoms with Crippen molar-refractivity contribution in [3.05, 3.63) is 11.6 Å². The standard InChI is InChI=1S/C34H54O4/c1-21(35)37-28-15-18-33(8)24-11-13-27-32(7,20-23(24)10-12-25(33)30(28,3)4)17-14-26-31(5,6)29(38-22(2)36)16-19-34(26,27)9/h10,24-29H,11-20H2,1-9H3/t24-,25-,26-,27-,28-,29-,32-,33+,34-/m1/s1. The molecule has 0 aromatic rings. The van der Waals surface area contributed by atoms with Crippen LogP contribution in [0.3, 0.4) is 0 Å². The van der Waals surface area contributed by atoms with Gasteiger partial charge < -0.3 is 9.47 Å². The van der Waals surface area contributed by atoms with Crippen molar-refractivity contribution in [2.24, 2.45) is 50.7 Å². The van der Waals surface area contributed by atoms with Crippen molar-refractivity contribution in [1.82, 2.24) is 0 Å². The third kappa shape index (κ3) is 4.12. The molecule has 0 aromatic heterocycles. The second kappa shape index (κ2) is 9.10. The summed E-state index contributed by atoms with van der Waals surface area (Å²) in [5, 5.41) is 0. The number of fused-ring (bicyclic) bond motifs is 6. The lowest BCUT2D eigenvalue weighted by molar-refractivity contribution is -0.192. The van der Waals surface area contributed by atoms with Crippen molar-refractivity contribution in [3.63, 3.8) is 0 Å². The molecule has 5 aliphatic carbocycles. The van der Waals surface area contributed by atoms with Crippen molar-refractivity contribution in [1.29, 1.82) is 0 Å². The molecule has 38 heavy (non-hydrogen) atoms. The summed E-state index contributed by atoms with van der Waals surface area (Å²) >= 11 is 0. The molecule has 0 aliphatic heterocycles. The topological polar surface area (TPSA) is 52.6 Å². The van der Waals surface area contributed by atoms with Crippen molar-refractivity contribution in [2.45, 2.75) is 139 Å². The molecule has 0 amide bonds. The van der Waals surface area contributed by atoms with Crippen LogP contribution in [-0.4, -0.2) is 24.1 Å². The molecule has 4 saturated carbocycles. The molecule has 4 fully saturated rings. The zero-order valence-electron chi connectivity index (χ0n) is 25.7. The molecule has 9 atom stereocenters. The monoisotopic (exact) mass is 526 g/mol. The predicted molar refractivity (Wildman–Crippen MR) is 151 cm³/mol. The Morgan fingerprint density at radius 3 is 1.82 bits per heavy atom. The summed E-state index contributed by atoms with van der Waals surface area (Å²) in [6.07, 6.45) is 14.4. The highest BCUT2D eigenvalue weighted by Gasteiger charge is 2.63. The van der Waals surface area contributed by atoms with Crippen LogP contribution in [0.2, 0.25) is 0 Å². The van der Waals surface area contributed by atoms with E-state index in [0.29, 0.717) is 29.1 Å². The van der Waals surface area contributed by atoms with Gasteiger partial charge in [0.1, 0.15) is 12.2 Å². The minimum atomic E-state index is -0.140. The summed E-state index contributed by atoms with van der Waals surface area (Å²) in [4.78, 5) is 23.8. The van der Waals surface area contributed by atoms with Crippen LogP contribution in [0.5, 0.6) is 0 Å². The highest BCUT2D eigenvalue weighted by atomic mass is 16.5. The summed E-state index contributed by atoms with van der Waals surface area (Å²) in [5.41, 5.74) is 2.62. The Labute approximate surface area is 232 Å². The van der Waals surface area contributed by atoms with Gasteiger partial charge in [0.25, 0.3) is 0 Å². The van der Waals surface area contributed by atoms with E-state index in [0.717, 1.165) is 25.7 Å². The second-order valence-electron chi connectivity index (χ2n) is 16.1.